The Morgan fingerprint density at radius 2 is 1.94 bits per heavy atom. The van der Waals surface area contributed by atoms with Crippen molar-refractivity contribution in [3.63, 3.8) is 0 Å². The van der Waals surface area contributed by atoms with E-state index in [0.29, 0.717) is 32.1 Å². The minimum absolute atomic E-state index is 0.131. The van der Waals surface area contributed by atoms with E-state index in [1.807, 2.05) is 0 Å². The first-order valence-corrected chi connectivity index (χ1v) is 6.75. The van der Waals surface area contributed by atoms with Crippen LogP contribution in [0.2, 0.25) is 0 Å². The predicted octanol–water partition coefficient (Wildman–Crippen LogP) is 2.72. The molecule has 0 aliphatic carbocycles. The van der Waals surface area contributed by atoms with Crippen molar-refractivity contribution < 1.29 is 9.53 Å². The summed E-state index contributed by atoms with van der Waals surface area (Å²) in [5.74, 6) is 0.636. The lowest BCUT2D eigenvalue weighted by molar-refractivity contribution is -0.121. The van der Waals surface area contributed by atoms with Crippen LogP contribution in [0.4, 0.5) is 0 Å². The lowest BCUT2D eigenvalue weighted by Crippen LogP contribution is -2.27. The fraction of sp³-hybridized carbons (Fsp3) is 0.917. The van der Waals surface area contributed by atoms with Gasteiger partial charge in [0.25, 0.3) is 0 Å². The summed E-state index contributed by atoms with van der Waals surface area (Å²) in [6.45, 7) is 3.88. The van der Waals surface area contributed by atoms with E-state index >= 15 is 0 Å². The van der Waals surface area contributed by atoms with Gasteiger partial charge in [0, 0.05) is 18.8 Å². The predicted molar refractivity (Wildman–Crippen MR) is 67.9 cm³/mol. The number of rotatable bonds is 11. The lowest BCUT2D eigenvalue weighted by Gasteiger charge is -2.05. The number of ether oxygens (including phenoxy) is 1. The van der Waals surface area contributed by atoms with Crippen molar-refractivity contribution in [1.82, 2.24) is 5.32 Å². The topological polar surface area (TPSA) is 38.3 Å². The van der Waals surface area contributed by atoms with Crippen molar-refractivity contribution in [3.8, 4) is 0 Å². The van der Waals surface area contributed by atoms with Gasteiger partial charge in [-0.3, -0.25) is 4.79 Å². The largest absolute Gasteiger partial charge is 0.378 e. The summed E-state index contributed by atoms with van der Waals surface area (Å²) in [7, 11) is 0. The zero-order valence-corrected chi connectivity index (χ0v) is 11.0. The molecule has 0 aromatic heterocycles. The van der Waals surface area contributed by atoms with Crippen LogP contribution < -0.4 is 5.32 Å². The highest BCUT2D eigenvalue weighted by Gasteiger charge is 1.99. The normalized spacial score (nSPS) is 10.4. The van der Waals surface area contributed by atoms with E-state index in [2.05, 4.69) is 12.2 Å². The number of carbonyl (C=O) groups excluding carboxylic acids is 1. The Hall–Kier alpha value is -0.280. The van der Waals surface area contributed by atoms with Crippen molar-refractivity contribution in [2.45, 2.75) is 45.4 Å². The summed E-state index contributed by atoms with van der Waals surface area (Å²) in [6, 6.07) is 0. The molecule has 0 radical (unpaired) electrons. The van der Waals surface area contributed by atoms with E-state index in [9.17, 15) is 4.79 Å². The number of unbranched alkanes of at least 4 members (excludes halogenated alkanes) is 4. The molecule has 0 aromatic rings. The van der Waals surface area contributed by atoms with Crippen molar-refractivity contribution in [1.29, 1.82) is 0 Å². The molecule has 96 valence electrons. The molecule has 0 aromatic carbocycles. The minimum atomic E-state index is 0.131. The molecule has 16 heavy (non-hydrogen) atoms. The van der Waals surface area contributed by atoms with Gasteiger partial charge in [0.1, 0.15) is 0 Å². The quantitative estimate of drug-likeness (QED) is 0.452. The summed E-state index contributed by atoms with van der Waals surface area (Å²) in [5, 5.41) is 2.83. The third-order valence-corrected chi connectivity index (χ3v) is 2.45. The van der Waals surface area contributed by atoms with E-state index in [1.165, 1.54) is 19.3 Å². The highest BCUT2D eigenvalue weighted by molar-refractivity contribution is 6.17. The molecule has 0 fully saturated rings. The first kappa shape index (κ1) is 15.7. The van der Waals surface area contributed by atoms with Crippen LogP contribution in [0.25, 0.3) is 0 Å². The number of hydrogen-bond donors (Lipinski definition) is 1. The van der Waals surface area contributed by atoms with Crippen LogP contribution in [0.1, 0.15) is 45.4 Å². The average Bonchev–Trinajstić information content (AvgIpc) is 2.28. The number of amides is 1. The smallest absolute Gasteiger partial charge is 0.220 e. The number of alkyl halides is 1. The SMILES string of the molecule is CCCCCCCC(=O)NCCOCCCl. The highest BCUT2D eigenvalue weighted by Crippen LogP contribution is 2.04. The molecule has 4 heteroatoms. The zero-order chi connectivity index (χ0) is 12.1. The Morgan fingerprint density at radius 1 is 1.19 bits per heavy atom. The van der Waals surface area contributed by atoms with Crippen LogP contribution in [0, 0.1) is 0 Å². The molecule has 0 saturated heterocycles. The molecule has 3 nitrogen and oxygen atoms in total. The Kier molecular flexibility index (Phi) is 12.6. The summed E-state index contributed by atoms with van der Waals surface area (Å²) >= 11 is 5.44. The summed E-state index contributed by atoms with van der Waals surface area (Å²) in [6.07, 6.45) is 6.54. The zero-order valence-electron chi connectivity index (χ0n) is 10.3. The van der Waals surface area contributed by atoms with E-state index < -0.39 is 0 Å². The molecule has 0 bridgehead atoms. The number of halogens is 1. The maximum Gasteiger partial charge on any atom is 0.220 e. The molecule has 1 amide bonds. The van der Waals surface area contributed by atoms with Crippen molar-refractivity contribution in [3.05, 3.63) is 0 Å². The van der Waals surface area contributed by atoms with E-state index in [-0.39, 0.29) is 5.91 Å². The van der Waals surface area contributed by atoms with Crippen LogP contribution in [0.5, 0.6) is 0 Å². The summed E-state index contributed by atoms with van der Waals surface area (Å²) < 4.78 is 5.14. The summed E-state index contributed by atoms with van der Waals surface area (Å²) in [4.78, 5) is 11.3. The van der Waals surface area contributed by atoms with Gasteiger partial charge in [0.05, 0.1) is 13.2 Å². The molecule has 0 spiro atoms. The third kappa shape index (κ3) is 11.8. The molecule has 0 rings (SSSR count). The minimum Gasteiger partial charge on any atom is -0.378 e. The Labute approximate surface area is 104 Å². The van der Waals surface area contributed by atoms with Gasteiger partial charge in [0.2, 0.25) is 5.91 Å². The lowest BCUT2D eigenvalue weighted by atomic mass is 10.1. The van der Waals surface area contributed by atoms with Crippen LogP contribution >= 0.6 is 11.6 Å². The maximum atomic E-state index is 11.3. The fourth-order valence-corrected chi connectivity index (χ4v) is 1.51. The Bertz CT molecular complexity index is 149. The molecule has 0 aliphatic rings. The van der Waals surface area contributed by atoms with E-state index in [4.69, 9.17) is 16.3 Å². The van der Waals surface area contributed by atoms with E-state index in [1.54, 1.807) is 0 Å². The Balaban J connectivity index is 3.12. The van der Waals surface area contributed by atoms with Gasteiger partial charge in [-0.15, -0.1) is 11.6 Å². The monoisotopic (exact) mass is 249 g/mol. The second-order valence-corrected chi connectivity index (χ2v) is 4.19. The molecule has 1 N–H and O–H groups in total. The molecule has 0 saturated carbocycles. The van der Waals surface area contributed by atoms with Crippen molar-refractivity contribution >= 4 is 17.5 Å². The molecule has 0 atom stereocenters. The van der Waals surface area contributed by atoms with Gasteiger partial charge in [-0.05, 0) is 6.42 Å². The number of carbonyl (C=O) groups is 1. The van der Waals surface area contributed by atoms with Crippen LogP contribution in [0.3, 0.4) is 0 Å². The van der Waals surface area contributed by atoms with Gasteiger partial charge in [-0.2, -0.15) is 0 Å². The second kappa shape index (κ2) is 12.8. The van der Waals surface area contributed by atoms with Gasteiger partial charge in [0.15, 0.2) is 0 Å². The number of nitrogens with one attached hydrogen (secondary N) is 1. The highest BCUT2D eigenvalue weighted by atomic mass is 35.5. The summed E-state index contributed by atoms with van der Waals surface area (Å²) in [5.41, 5.74) is 0. The molecule has 0 aliphatic heterocycles. The van der Waals surface area contributed by atoms with Crippen LogP contribution in [0.15, 0.2) is 0 Å². The molecular weight excluding hydrogens is 226 g/mol. The van der Waals surface area contributed by atoms with Gasteiger partial charge < -0.3 is 10.1 Å². The van der Waals surface area contributed by atoms with Crippen molar-refractivity contribution in [2.75, 3.05) is 25.6 Å². The van der Waals surface area contributed by atoms with Crippen LogP contribution in [-0.2, 0) is 9.53 Å². The molecule has 0 unspecified atom stereocenters. The molecular formula is C12H24ClNO2. The van der Waals surface area contributed by atoms with Gasteiger partial charge >= 0.3 is 0 Å². The average molecular weight is 250 g/mol. The van der Waals surface area contributed by atoms with Crippen LogP contribution in [-0.4, -0.2) is 31.5 Å². The fourth-order valence-electron chi connectivity index (χ4n) is 1.40. The first-order valence-electron chi connectivity index (χ1n) is 6.21. The second-order valence-electron chi connectivity index (χ2n) is 3.82. The standard InChI is InChI=1S/C12H24ClNO2/c1-2-3-4-5-6-7-12(15)14-9-11-16-10-8-13/h2-11H2,1H3,(H,14,15). The molecule has 0 heterocycles. The maximum absolute atomic E-state index is 11.3. The number of hydrogen-bond acceptors (Lipinski definition) is 2. The van der Waals surface area contributed by atoms with Gasteiger partial charge in [-0.25, -0.2) is 0 Å². The first-order chi connectivity index (χ1) is 7.81. The van der Waals surface area contributed by atoms with Gasteiger partial charge in [-0.1, -0.05) is 32.6 Å². The third-order valence-electron chi connectivity index (χ3n) is 2.30. The van der Waals surface area contributed by atoms with Crippen molar-refractivity contribution in [2.24, 2.45) is 0 Å². The van der Waals surface area contributed by atoms with E-state index in [0.717, 1.165) is 12.8 Å². The Morgan fingerprint density at radius 3 is 2.62 bits per heavy atom.